The molecule has 1 saturated carbocycles. The van der Waals surface area contributed by atoms with Gasteiger partial charge < -0.3 is 0 Å². The minimum absolute atomic E-state index is 0.0643. The Morgan fingerprint density at radius 1 is 1.14 bits per heavy atom. The topological polar surface area (TPSA) is 37.4 Å². The zero-order valence-electron chi connectivity index (χ0n) is 11.8. The molecule has 1 aliphatic carbocycles. The Bertz CT molecular complexity index is 633. The third-order valence-electron chi connectivity index (χ3n) is 4.69. The molecule has 2 atom stereocenters. The van der Waals surface area contributed by atoms with E-state index in [1.54, 1.807) is 4.31 Å². The van der Waals surface area contributed by atoms with Crippen LogP contribution in [0.4, 0.5) is 4.39 Å². The quantitative estimate of drug-likeness (QED) is 0.784. The monoisotopic (exact) mass is 375 g/mol. The van der Waals surface area contributed by atoms with Crippen LogP contribution in [0.5, 0.6) is 0 Å². The molecule has 0 bridgehead atoms. The van der Waals surface area contributed by atoms with Crippen LogP contribution in [0.25, 0.3) is 0 Å². The molecule has 21 heavy (non-hydrogen) atoms. The molecule has 3 rings (SSSR count). The second-order valence-corrected chi connectivity index (χ2v) is 8.69. The van der Waals surface area contributed by atoms with Gasteiger partial charge in [0.2, 0.25) is 10.0 Å². The molecule has 0 aromatic heterocycles. The van der Waals surface area contributed by atoms with Gasteiger partial charge in [0.05, 0.1) is 9.37 Å². The van der Waals surface area contributed by atoms with Crippen LogP contribution in [0.15, 0.2) is 27.6 Å². The van der Waals surface area contributed by atoms with Crippen molar-refractivity contribution >= 4 is 26.0 Å². The molecule has 0 amide bonds. The van der Waals surface area contributed by atoms with Crippen molar-refractivity contribution in [3.63, 3.8) is 0 Å². The summed E-state index contributed by atoms with van der Waals surface area (Å²) in [6.45, 7) is 0.557. The first-order valence-corrected chi connectivity index (χ1v) is 9.70. The van der Waals surface area contributed by atoms with Crippen LogP contribution in [0.2, 0.25) is 0 Å². The second kappa shape index (κ2) is 5.97. The normalized spacial score (nSPS) is 27.3. The lowest BCUT2D eigenvalue weighted by atomic mass is 9.79. The average molecular weight is 376 g/mol. The van der Waals surface area contributed by atoms with Gasteiger partial charge in [0.25, 0.3) is 0 Å². The van der Waals surface area contributed by atoms with Crippen molar-refractivity contribution in [2.75, 3.05) is 6.54 Å². The van der Waals surface area contributed by atoms with Gasteiger partial charge in [-0.25, -0.2) is 12.8 Å². The summed E-state index contributed by atoms with van der Waals surface area (Å²) in [5, 5.41) is 0. The minimum Gasteiger partial charge on any atom is -0.207 e. The number of hydrogen-bond acceptors (Lipinski definition) is 2. The van der Waals surface area contributed by atoms with Crippen molar-refractivity contribution in [2.24, 2.45) is 5.92 Å². The molecule has 0 N–H and O–H groups in total. The summed E-state index contributed by atoms with van der Waals surface area (Å²) in [4.78, 5) is 0.0643. The molecular weight excluding hydrogens is 357 g/mol. The van der Waals surface area contributed by atoms with Crippen LogP contribution in [0, 0.1) is 11.7 Å². The summed E-state index contributed by atoms with van der Waals surface area (Å²) in [6, 6.07) is 4.16. The highest BCUT2D eigenvalue weighted by Gasteiger charge is 2.40. The maximum atomic E-state index is 13.7. The van der Waals surface area contributed by atoms with Gasteiger partial charge in [0.15, 0.2) is 0 Å². The van der Waals surface area contributed by atoms with E-state index in [1.807, 2.05) is 0 Å². The summed E-state index contributed by atoms with van der Waals surface area (Å²) in [6.07, 6.45) is 6.35. The van der Waals surface area contributed by atoms with E-state index in [2.05, 4.69) is 15.9 Å². The fourth-order valence-corrected chi connectivity index (χ4v) is 5.66. The first kappa shape index (κ1) is 15.4. The van der Waals surface area contributed by atoms with E-state index in [-0.39, 0.29) is 15.4 Å². The van der Waals surface area contributed by atoms with Crippen molar-refractivity contribution in [1.29, 1.82) is 0 Å². The average Bonchev–Trinajstić information content (AvgIpc) is 2.49. The van der Waals surface area contributed by atoms with E-state index in [4.69, 9.17) is 0 Å². The van der Waals surface area contributed by atoms with Gasteiger partial charge in [-0.2, -0.15) is 4.31 Å². The maximum Gasteiger partial charge on any atom is 0.243 e. The van der Waals surface area contributed by atoms with Crippen LogP contribution in [-0.2, 0) is 10.0 Å². The molecule has 1 heterocycles. The molecule has 1 saturated heterocycles. The summed E-state index contributed by atoms with van der Waals surface area (Å²) >= 11 is 3.06. The van der Waals surface area contributed by atoms with E-state index >= 15 is 0 Å². The lowest BCUT2D eigenvalue weighted by Gasteiger charge is -2.43. The van der Waals surface area contributed by atoms with E-state index in [9.17, 15) is 12.8 Å². The Morgan fingerprint density at radius 3 is 2.62 bits per heavy atom. The smallest absolute Gasteiger partial charge is 0.207 e. The highest BCUT2D eigenvalue weighted by molar-refractivity contribution is 9.10. The molecule has 3 nitrogen and oxygen atoms in total. The maximum absolute atomic E-state index is 13.7. The molecule has 0 spiro atoms. The largest absolute Gasteiger partial charge is 0.243 e. The second-order valence-electron chi connectivity index (χ2n) is 5.95. The van der Waals surface area contributed by atoms with Gasteiger partial charge in [0, 0.05) is 12.6 Å². The van der Waals surface area contributed by atoms with Gasteiger partial charge in [-0.05, 0) is 65.7 Å². The van der Waals surface area contributed by atoms with E-state index in [1.165, 1.54) is 18.6 Å². The first-order valence-electron chi connectivity index (χ1n) is 7.47. The number of rotatable bonds is 2. The van der Waals surface area contributed by atoms with Gasteiger partial charge >= 0.3 is 0 Å². The number of piperidine rings is 1. The first-order chi connectivity index (χ1) is 10.00. The highest BCUT2D eigenvalue weighted by atomic mass is 79.9. The molecule has 2 unspecified atom stereocenters. The fraction of sp³-hybridized carbons (Fsp3) is 0.600. The van der Waals surface area contributed by atoms with Gasteiger partial charge in [-0.1, -0.05) is 12.8 Å². The van der Waals surface area contributed by atoms with Crippen LogP contribution in [0.1, 0.15) is 38.5 Å². The summed E-state index contributed by atoms with van der Waals surface area (Å²) in [5.74, 6) is -0.0594. The Morgan fingerprint density at radius 2 is 1.86 bits per heavy atom. The van der Waals surface area contributed by atoms with Crippen molar-refractivity contribution in [3.8, 4) is 0 Å². The fourth-order valence-electron chi connectivity index (χ4n) is 3.65. The Labute approximate surface area is 133 Å². The van der Waals surface area contributed by atoms with Gasteiger partial charge in [0.1, 0.15) is 5.82 Å². The predicted octanol–water partition coefficient (Wildman–Crippen LogP) is 3.93. The van der Waals surface area contributed by atoms with Crippen LogP contribution >= 0.6 is 15.9 Å². The highest BCUT2D eigenvalue weighted by Crippen LogP contribution is 2.38. The molecule has 0 radical (unpaired) electrons. The van der Waals surface area contributed by atoms with Gasteiger partial charge in [-0.15, -0.1) is 0 Å². The SMILES string of the molecule is O=S(=O)(c1ccc(Br)c(F)c1)N1CCCC2CCCCC21. The van der Waals surface area contributed by atoms with Crippen molar-refractivity contribution < 1.29 is 12.8 Å². The van der Waals surface area contributed by atoms with Crippen molar-refractivity contribution in [1.82, 2.24) is 4.31 Å². The molecule has 1 aromatic rings. The number of fused-ring (bicyclic) bond motifs is 1. The number of halogens is 2. The lowest BCUT2D eigenvalue weighted by Crippen LogP contribution is -2.49. The molecule has 2 aliphatic rings. The van der Waals surface area contributed by atoms with Crippen LogP contribution in [-0.4, -0.2) is 25.3 Å². The zero-order valence-corrected chi connectivity index (χ0v) is 14.2. The van der Waals surface area contributed by atoms with Gasteiger partial charge in [-0.3, -0.25) is 0 Å². The molecule has 6 heteroatoms. The summed E-state index contributed by atoms with van der Waals surface area (Å²) in [7, 11) is -3.60. The zero-order chi connectivity index (χ0) is 15.0. The Balaban J connectivity index is 1.94. The van der Waals surface area contributed by atoms with Crippen molar-refractivity contribution in [3.05, 3.63) is 28.5 Å². The number of hydrogen-bond donors (Lipinski definition) is 0. The molecule has 1 aromatic carbocycles. The number of sulfonamides is 1. The Kier molecular flexibility index (Phi) is 4.39. The van der Waals surface area contributed by atoms with E-state index in [0.29, 0.717) is 12.5 Å². The van der Waals surface area contributed by atoms with Crippen LogP contribution < -0.4 is 0 Å². The van der Waals surface area contributed by atoms with E-state index < -0.39 is 15.8 Å². The summed E-state index contributed by atoms with van der Waals surface area (Å²) in [5.41, 5.74) is 0. The molecule has 1 aliphatic heterocycles. The molecule has 116 valence electrons. The third kappa shape index (κ3) is 2.90. The lowest BCUT2D eigenvalue weighted by molar-refractivity contribution is 0.129. The standard InChI is InChI=1S/C15H19BrFNO2S/c16-13-8-7-12(10-14(13)17)21(19,20)18-9-3-5-11-4-1-2-6-15(11)18/h7-8,10-11,15H,1-6,9H2. The Hall–Kier alpha value is -0.460. The van der Waals surface area contributed by atoms with Crippen LogP contribution in [0.3, 0.4) is 0 Å². The summed E-state index contributed by atoms with van der Waals surface area (Å²) < 4.78 is 41.3. The molecule has 2 fully saturated rings. The van der Waals surface area contributed by atoms with Crippen molar-refractivity contribution in [2.45, 2.75) is 49.5 Å². The van der Waals surface area contributed by atoms with E-state index in [0.717, 1.165) is 38.2 Å². The predicted molar refractivity (Wildman–Crippen MR) is 83.0 cm³/mol. The molecular formula is C15H19BrFNO2S. The minimum atomic E-state index is -3.60. The third-order valence-corrected chi connectivity index (χ3v) is 7.25. The number of benzene rings is 1. The number of nitrogens with zero attached hydrogens (tertiary/aromatic N) is 1.